The summed E-state index contributed by atoms with van der Waals surface area (Å²) in [6.45, 7) is 5.87. The third-order valence-electron chi connectivity index (χ3n) is 1.91. The molecule has 0 aromatic rings. The van der Waals surface area contributed by atoms with Crippen LogP contribution in [0.3, 0.4) is 0 Å². The second-order valence-electron chi connectivity index (χ2n) is 3.11. The number of terminal acetylenes is 1. The van der Waals surface area contributed by atoms with Crippen LogP contribution in [0.15, 0.2) is 0 Å². The fraction of sp³-hybridized carbons (Fsp3) is 0.818. The molecule has 0 spiro atoms. The van der Waals surface area contributed by atoms with Gasteiger partial charge in [-0.25, -0.2) is 0 Å². The zero-order chi connectivity index (χ0) is 9.23. The van der Waals surface area contributed by atoms with E-state index in [1.807, 2.05) is 6.92 Å². The first-order chi connectivity index (χ1) is 5.81. The van der Waals surface area contributed by atoms with E-state index in [0.29, 0.717) is 5.92 Å². The van der Waals surface area contributed by atoms with E-state index >= 15 is 0 Å². The molecule has 70 valence electrons. The molecule has 0 radical (unpaired) electrons. The molecule has 0 aliphatic carbocycles. The Balaban J connectivity index is 2.96. The first-order valence-corrected chi connectivity index (χ1v) is 4.85. The van der Waals surface area contributed by atoms with E-state index in [1.54, 1.807) is 0 Å². The molecule has 0 aromatic heterocycles. The van der Waals surface area contributed by atoms with Crippen LogP contribution in [0, 0.1) is 18.3 Å². The van der Waals surface area contributed by atoms with Gasteiger partial charge in [0.05, 0.1) is 0 Å². The second-order valence-corrected chi connectivity index (χ2v) is 3.11. The number of hydrogen-bond acceptors (Lipinski definition) is 1. The summed E-state index contributed by atoms with van der Waals surface area (Å²) in [5.74, 6) is 3.18. The second kappa shape index (κ2) is 8.62. The van der Waals surface area contributed by atoms with Crippen molar-refractivity contribution in [1.29, 1.82) is 0 Å². The van der Waals surface area contributed by atoms with Crippen molar-refractivity contribution in [2.45, 2.75) is 39.5 Å². The Kier molecular flexibility index (Phi) is 8.27. The summed E-state index contributed by atoms with van der Waals surface area (Å²) in [6, 6.07) is 0. The highest BCUT2D eigenvalue weighted by Crippen LogP contribution is 2.07. The predicted octanol–water partition coefficient (Wildman–Crippen LogP) is 2.85. The van der Waals surface area contributed by atoms with Gasteiger partial charge in [-0.2, -0.15) is 0 Å². The summed E-state index contributed by atoms with van der Waals surface area (Å²) in [4.78, 5) is 0. The van der Waals surface area contributed by atoms with Crippen molar-refractivity contribution in [1.82, 2.24) is 0 Å². The third-order valence-corrected chi connectivity index (χ3v) is 1.91. The van der Waals surface area contributed by atoms with Crippen molar-refractivity contribution in [3.63, 3.8) is 0 Å². The average Bonchev–Trinajstić information content (AvgIpc) is 2.10. The largest absolute Gasteiger partial charge is 0.382 e. The third kappa shape index (κ3) is 7.63. The molecule has 0 aliphatic rings. The van der Waals surface area contributed by atoms with Crippen molar-refractivity contribution >= 4 is 0 Å². The number of rotatable bonds is 7. The van der Waals surface area contributed by atoms with E-state index in [0.717, 1.165) is 19.6 Å². The van der Waals surface area contributed by atoms with E-state index in [1.165, 1.54) is 19.3 Å². The maximum atomic E-state index is 5.26. The number of unbranched alkanes of at least 4 members (excludes halogenated alkanes) is 2. The van der Waals surface area contributed by atoms with Gasteiger partial charge in [0.1, 0.15) is 0 Å². The molecule has 0 saturated heterocycles. The summed E-state index contributed by atoms with van der Waals surface area (Å²) in [5, 5.41) is 0. The monoisotopic (exact) mass is 168 g/mol. The van der Waals surface area contributed by atoms with E-state index in [4.69, 9.17) is 11.2 Å². The quantitative estimate of drug-likeness (QED) is 0.419. The van der Waals surface area contributed by atoms with Gasteiger partial charge in [0.25, 0.3) is 0 Å². The van der Waals surface area contributed by atoms with Crippen LogP contribution in [-0.4, -0.2) is 13.2 Å². The highest BCUT2D eigenvalue weighted by atomic mass is 16.5. The first-order valence-electron chi connectivity index (χ1n) is 4.85. The SMILES string of the molecule is C#CC(C)CCCCCOCC. The first kappa shape index (κ1) is 11.5. The molecule has 0 N–H and O–H groups in total. The van der Waals surface area contributed by atoms with Gasteiger partial charge < -0.3 is 4.74 Å². The molecule has 0 fully saturated rings. The maximum Gasteiger partial charge on any atom is 0.0465 e. The van der Waals surface area contributed by atoms with Crippen molar-refractivity contribution < 1.29 is 4.74 Å². The topological polar surface area (TPSA) is 9.23 Å². The van der Waals surface area contributed by atoms with Crippen molar-refractivity contribution in [3.8, 4) is 12.3 Å². The highest BCUT2D eigenvalue weighted by molar-refractivity contribution is 4.89. The lowest BCUT2D eigenvalue weighted by molar-refractivity contribution is 0.142. The van der Waals surface area contributed by atoms with Gasteiger partial charge in [0.15, 0.2) is 0 Å². The Morgan fingerprint density at radius 3 is 2.67 bits per heavy atom. The van der Waals surface area contributed by atoms with Gasteiger partial charge in [-0.3, -0.25) is 0 Å². The molecule has 0 rings (SSSR count). The molecule has 0 amide bonds. The highest BCUT2D eigenvalue weighted by Gasteiger charge is 1.95. The van der Waals surface area contributed by atoms with Crippen LogP contribution in [-0.2, 0) is 4.74 Å². The summed E-state index contributed by atoms with van der Waals surface area (Å²) in [7, 11) is 0. The zero-order valence-electron chi connectivity index (χ0n) is 8.31. The molecule has 0 aromatic carbocycles. The van der Waals surface area contributed by atoms with Crippen LogP contribution in [0.2, 0.25) is 0 Å². The van der Waals surface area contributed by atoms with E-state index in [-0.39, 0.29) is 0 Å². The molecule has 0 heterocycles. The minimum absolute atomic E-state index is 0.442. The summed E-state index contributed by atoms with van der Waals surface area (Å²) >= 11 is 0. The lowest BCUT2D eigenvalue weighted by Gasteiger charge is -2.03. The fourth-order valence-electron chi connectivity index (χ4n) is 1.06. The number of hydrogen-bond donors (Lipinski definition) is 0. The zero-order valence-corrected chi connectivity index (χ0v) is 8.31. The Bertz CT molecular complexity index is 123. The summed E-state index contributed by atoms with van der Waals surface area (Å²) in [6.07, 6.45) is 10.1. The Morgan fingerprint density at radius 1 is 1.33 bits per heavy atom. The Morgan fingerprint density at radius 2 is 2.08 bits per heavy atom. The molecule has 1 heteroatoms. The normalized spacial score (nSPS) is 12.4. The maximum absolute atomic E-state index is 5.26. The van der Waals surface area contributed by atoms with E-state index in [9.17, 15) is 0 Å². The molecule has 0 aliphatic heterocycles. The number of ether oxygens (including phenoxy) is 1. The van der Waals surface area contributed by atoms with Crippen molar-refractivity contribution in [2.24, 2.45) is 5.92 Å². The lowest BCUT2D eigenvalue weighted by atomic mass is 10.0. The van der Waals surface area contributed by atoms with Gasteiger partial charge in [-0.15, -0.1) is 12.3 Å². The van der Waals surface area contributed by atoms with Gasteiger partial charge in [-0.05, 0) is 19.8 Å². The fourth-order valence-corrected chi connectivity index (χ4v) is 1.06. The molecular formula is C11H20O. The van der Waals surface area contributed by atoms with Crippen LogP contribution >= 0.6 is 0 Å². The molecule has 0 bridgehead atoms. The van der Waals surface area contributed by atoms with Crippen molar-refractivity contribution in [3.05, 3.63) is 0 Å². The van der Waals surface area contributed by atoms with Crippen LogP contribution in [0.25, 0.3) is 0 Å². The molecule has 1 atom stereocenters. The van der Waals surface area contributed by atoms with Crippen LogP contribution in [0.4, 0.5) is 0 Å². The average molecular weight is 168 g/mol. The van der Waals surface area contributed by atoms with E-state index in [2.05, 4.69) is 12.8 Å². The van der Waals surface area contributed by atoms with E-state index < -0.39 is 0 Å². The minimum atomic E-state index is 0.442. The lowest BCUT2D eigenvalue weighted by Crippen LogP contribution is -1.94. The molecule has 12 heavy (non-hydrogen) atoms. The smallest absolute Gasteiger partial charge is 0.0465 e. The Labute approximate surface area is 76.5 Å². The van der Waals surface area contributed by atoms with Crippen LogP contribution in [0.1, 0.15) is 39.5 Å². The molecule has 1 unspecified atom stereocenters. The van der Waals surface area contributed by atoms with Crippen molar-refractivity contribution in [2.75, 3.05) is 13.2 Å². The molecule has 1 nitrogen and oxygen atoms in total. The summed E-state index contributed by atoms with van der Waals surface area (Å²) < 4.78 is 5.23. The van der Waals surface area contributed by atoms with Gasteiger partial charge in [-0.1, -0.05) is 19.8 Å². The minimum Gasteiger partial charge on any atom is -0.382 e. The van der Waals surface area contributed by atoms with Gasteiger partial charge >= 0.3 is 0 Å². The standard InChI is InChI=1S/C11H20O/c1-4-11(3)9-7-6-8-10-12-5-2/h1,11H,5-10H2,2-3H3. The van der Waals surface area contributed by atoms with Crippen LogP contribution < -0.4 is 0 Å². The summed E-state index contributed by atoms with van der Waals surface area (Å²) in [5.41, 5.74) is 0. The van der Waals surface area contributed by atoms with Gasteiger partial charge in [0, 0.05) is 19.1 Å². The van der Waals surface area contributed by atoms with Crippen LogP contribution in [0.5, 0.6) is 0 Å². The predicted molar refractivity (Wildman–Crippen MR) is 53.0 cm³/mol. The van der Waals surface area contributed by atoms with Gasteiger partial charge in [0.2, 0.25) is 0 Å². The molecule has 0 saturated carbocycles. The molecular weight excluding hydrogens is 148 g/mol. The Hall–Kier alpha value is -0.480.